The number of amides is 1. The van der Waals surface area contributed by atoms with E-state index in [0.717, 1.165) is 23.5 Å². The molecule has 0 spiro atoms. The van der Waals surface area contributed by atoms with Gasteiger partial charge in [0.05, 0.1) is 13.7 Å². The highest BCUT2D eigenvalue weighted by Gasteiger charge is 2.03. The van der Waals surface area contributed by atoms with E-state index in [1.165, 1.54) is 0 Å². The molecule has 16 heavy (non-hydrogen) atoms. The number of hydrogen-bond donors (Lipinski definition) is 2. The number of methoxy groups -OCH3 is 1. The zero-order valence-corrected chi connectivity index (χ0v) is 9.96. The predicted molar refractivity (Wildman–Crippen MR) is 64.9 cm³/mol. The highest BCUT2D eigenvalue weighted by atomic mass is 16.5. The van der Waals surface area contributed by atoms with Crippen molar-refractivity contribution in [3.8, 4) is 5.75 Å². The van der Waals surface area contributed by atoms with Gasteiger partial charge >= 0.3 is 0 Å². The van der Waals surface area contributed by atoms with Crippen LogP contribution < -0.4 is 15.4 Å². The topological polar surface area (TPSA) is 50.4 Å². The van der Waals surface area contributed by atoms with E-state index < -0.39 is 0 Å². The lowest BCUT2D eigenvalue weighted by Crippen LogP contribution is -2.27. The van der Waals surface area contributed by atoms with Crippen molar-refractivity contribution in [3.05, 3.63) is 23.8 Å². The Hall–Kier alpha value is -1.55. The van der Waals surface area contributed by atoms with E-state index in [0.29, 0.717) is 6.54 Å². The molecule has 88 valence electrons. The first-order valence-corrected chi connectivity index (χ1v) is 5.32. The van der Waals surface area contributed by atoms with Gasteiger partial charge in [0.1, 0.15) is 5.75 Å². The number of aryl methyl sites for hydroxylation is 1. The van der Waals surface area contributed by atoms with Gasteiger partial charge in [0.25, 0.3) is 0 Å². The Morgan fingerprint density at radius 2 is 2.19 bits per heavy atom. The molecule has 0 atom stereocenters. The van der Waals surface area contributed by atoms with Gasteiger partial charge < -0.3 is 15.4 Å². The molecule has 0 fully saturated rings. The van der Waals surface area contributed by atoms with E-state index in [4.69, 9.17) is 4.74 Å². The molecule has 0 aliphatic heterocycles. The lowest BCUT2D eigenvalue weighted by atomic mass is 10.2. The van der Waals surface area contributed by atoms with E-state index in [9.17, 15) is 4.79 Å². The van der Waals surface area contributed by atoms with Gasteiger partial charge in [-0.3, -0.25) is 4.79 Å². The Balaban J connectivity index is 2.61. The second-order valence-electron chi connectivity index (χ2n) is 3.51. The Morgan fingerprint density at radius 1 is 1.44 bits per heavy atom. The van der Waals surface area contributed by atoms with Gasteiger partial charge in [-0.1, -0.05) is 6.92 Å². The standard InChI is InChI=1S/C12H18N2O2/c1-4-13-8-12(15)14-10-5-6-11(16-3)9(2)7-10/h5-7,13H,4,8H2,1-3H3,(H,14,15). The number of ether oxygens (including phenoxy) is 1. The van der Waals surface area contributed by atoms with Gasteiger partial charge in [0.15, 0.2) is 0 Å². The van der Waals surface area contributed by atoms with Crippen molar-refractivity contribution in [3.63, 3.8) is 0 Å². The number of carbonyl (C=O) groups is 1. The van der Waals surface area contributed by atoms with Crippen LogP contribution in [0.2, 0.25) is 0 Å². The zero-order chi connectivity index (χ0) is 12.0. The highest BCUT2D eigenvalue weighted by Crippen LogP contribution is 2.21. The first-order valence-electron chi connectivity index (χ1n) is 5.32. The number of carbonyl (C=O) groups excluding carboxylic acids is 1. The van der Waals surface area contributed by atoms with Crippen LogP contribution in [0, 0.1) is 6.92 Å². The maximum absolute atomic E-state index is 11.4. The van der Waals surface area contributed by atoms with Gasteiger partial charge in [0, 0.05) is 5.69 Å². The van der Waals surface area contributed by atoms with Crippen LogP contribution in [0.5, 0.6) is 5.75 Å². The molecule has 0 bridgehead atoms. The predicted octanol–water partition coefficient (Wildman–Crippen LogP) is 1.55. The third-order valence-electron chi connectivity index (χ3n) is 2.21. The average Bonchev–Trinajstić information content (AvgIpc) is 2.26. The van der Waals surface area contributed by atoms with Crippen LogP contribution >= 0.6 is 0 Å². The quantitative estimate of drug-likeness (QED) is 0.794. The molecule has 0 radical (unpaired) electrons. The van der Waals surface area contributed by atoms with Gasteiger partial charge in [-0.25, -0.2) is 0 Å². The zero-order valence-electron chi connectivity index (χ0n) is 9.96. The molecule has 0 saturated heterocycles. The number of anilines is 1. The van der Waals surface area contributed by atoms with Crippen molar-refractivity contribution in [2.75, 3.05) is 25.5 Å². The second kappa shape index (κ2) is 6.12. The number of likely N-dealkylation sites (N-methyl/N-ethyl adjacent to an activating group) is 1. The molecule has 0 unspecified atom stereocenters. The molecular weight excluding hydrogens is 204 g/mol. The third-order valence-corrected chi connectivity index (χ3v) is 2.21. The van der Waals surface area contributed by atoms with Crippen LogP contribution in [0.4, 0.5) is 5.69 Å². The Bertz CT molecular complexity index is 364. The fraction of sp³-hybridized carbons (Fsp3) is 0.417. The lowest BCUT2D eigenvalue weighted by molar-refractivity contribution is -0.115. The Labute approximate surface area is 96.0 Å². The highest BCUT2D eigenvalue weighted by molar-refractivity contribution is 5.92. The molecule has 1 aromatic rings. The molecule has 0 aromatic heterocycles. The first-order chi connectivity index (χ1) is 7.67. The molecule has 4 heteroatoms. The fourth-order valence-electron chi connectivity index (χ4n) is 1.40. The van der Waals surface area contributed by atoms with E-state index in [2.05, 4.69) is 10.6 Å². The van der Waals surface area contributed by atoms with Crippen LogP contribution in [-0.2, 0) is 4.79 Å². The summed E-state index contributed by atoms with van der Waals surface area (Å²) in [6.45, 7) is 5.03. The SMILES string of the molecule is CCNCC(=O)Nc1ccc(OC)c(C)c1. The summed E-state index contributed by atoms with van der Waals surface area (Å²) in [6.07, 6.45) is 0. The van der Waals surface area contributed by atoms with Crippen molar-refractivity contribution < 1.29 is 9.53 Å². The normalized spacial score (nSPS) is 9.94. The molecule has 0 heterocycles. The molecule has 0 saturated carbocycles. The third kappa shape index (κ3) is 3.55. The second-order valence-corrected chi connectivity index (χ2v) is 3.51. The number of nitrogens with one attached hydrogen (secondary N) is 2. The Kier molecular flexibility index (Phi) is 4.79. The van der Waals surface area contributed by atoms with Crippen LogP contribution in [0.25, 0.3) is 0 Å². The van der Waals surface area contributed by atoms with Gasteiger partial charge in [0.2, 0.25) is 5.91 Å². The summed E-state index contributed by atoms with van der Waals surface area (Å²) >= 11 is 0. The summed E-state index contributed by atoms with van der Waals surface area (Å²) in [5.74, 6) is 0.788. The largest absolute Gasteiger partial charge is 0.496 e. The molecule has 1 aromatic carbocycles. The van der Waals surface area contributed by atoms with Crippen molar-refractivity contribution in [2.24, 2.45) is 0 Å². The molecule has 1 rings (SSSR count). The Morgan fingerprint density at radius 3 is 2.75 bits per heavy atom. The molecule has 4 nitrogen and oxygen atoms in total. The minimum absolute atomic E-state index is 0.0357. The van der Waals surface area contributed by atoms with E-state index >= 15 is 0 Å². The summed E-state index contributed by atoms with van der Waals surface area (Å²) in [4.78, 5) is 11.4. The summed E-state index contributed by atoms with van der Waals surface area (Å²) in [7, 11) is 1.63. The molecular formula is C12H18N2O2. The van der Waals surface area contributed by atoms with E-state index in [1.807, 2.05) is 32.0 Å². The summed E-state index contributed by atoms with van der Waals surface area (Å²) in [5, 5.41) is 5.78. The summed E-state index contributed by atoms with van der Waals surface area (Å²) < 4.78 is 5.14. The molecule has 1 amide bonds. The van der Waals surface area contributed by atoms with Crippen molar-refractivity contribution in [1.29, 1.82) is 0 Å². The monoisotopic (exact) mass is 222 g/mol. The van der Waals surface area contributed by atoms with E-state index in [-0.39, 0.29) is 5.91 Å². The maximum Gasteiger partial charge on any atom is 0.238 e. The smallest absolute Gasteiger partial charge is 0.238 e. The van der Waals surface area contributed by atoms with Crippen LogP contribution in [0.3, 0.4) is 0 Å². The molecule has 2 N–H and O–H groups in total. The van der Waals surface area contributed by atoms with Gasteiger partial charge in [-0.2, -0.15) is 0 Å². The van der Waals surface area contributed by atoms with Crippen molar-refractivity contribution in [2.45, 2.75) is 13.8 Å². The lowest BCUT2D eigenvalue weighted by Gasteiger charge is -2.09. The maximum atomic E-state index is 11.4. The summed E-state index contributed by atoms with van der Waals surface area (Å²) in [5.41, 5.74) is 1.80. The summed E-state index contributed by atoms with van der Waals surface area (Å²) in [6, 6.07) is 5.57. The van der Waals surface area contributed by atoms with E-state index in [1.54, 1.807) is 7.11 Å². The van der Waals surface area contributed by atoms with Crippen molar-refractivity contribution in [1.82, 2.24) is 5.32 Å². The first kappa shape index (κ1) is 12.5. The minimum atomic E-state index is -0.0357. The number of benzene rings is 1. The van der Waals surface area contributed by atoms with Crippen molar-refractivity contribution >= 4 is 11.6 Å². The molecule has 0 aliphatic carbocycles. The van der Waals surface area contributed by atoms with Gasteiger partial charge in [-0.15, -0.1) is 0 Å². The number of hydrogen-bond acceptors (Lipinski definition) is 3. The van der Waals surface area contributed by atoms with Crippen LogP contribution in [0.15, 0.2) is 18.2 Å². The van der Waals surface area contributed by atoms with Crippen LogP contribution in [0.1, 0.15) is 12.5 Å². The molecule has 0 aliphatic rings. The fourth-order valence-corrected chi connectivity index (χ4v) is 1.40. The average molecular weight is 222 g/mol. The van der Waals surface area contributed by atoms with Crippen LogP contribution in [-0.4, -0.2) is 26.1 Å². The number of rotatable bonds is 5. The minimum Gasteiger partial charge on any atom is -0.496 e. The van der Waals surface area contributed by atoms with Gasteiger partial charge in [-0.05, 0) is 37.2 Å².